The molecule has 0 saturated heterocycles. The van der Waals surface area contributed by atoms with E-state index in [4.69, 9.17) is 18.9 Å². The molecular formula is C23H23NO4. The Labute approximate surface area is 163 Å². The van der Waals surface area contributed by atoms with E-state index in [1.54, 1.807) is 28.4 Å². The van der Waals surface area contributed by atoms with Crippen LogP contribution < -0.4 is 18.9 Å². The molecule has 1 N–H and O–H groups in total. The molecule has 0 aliphatic rings. The molecule has 5 nitrogen and oxygen atoms in total. The van der Waals surface area contributed by atoms with E-state index in [0.717, 1.165) is 33.7 Å². The van der Waals surface area contributed by atoms with E-state index in [1.165, 1.54) is 5.56 Å². The van der Waals surface area contributed by atoms with E-state index in [0.29, 0.717) is 23.0 Å². The molecule has 0 saturated carbocycles. The Morgan fingerprint density at radius 2 is 1.25 bits per heavy atom. The number of aromatic nitrogens is 1. The average Bonchev–Trinajstić information content (AvgIpc) is 3.24. The van der Waals surface area contributed by atoms with Crippen molar-refractivity contribution in [2.24, 2.45) is 0 Å². The standard InChI is InChI=1S/C23H23NO4/c1-25-20-10-15-8-14(9-16-6-5-7-24-16)17-11-22(27-3)23(28-4)13-19(17)18(15)12-21(20)26-2/h5-8,10-13,24H,9H2,1-4H3. The molecule has 1 aromatic heterocycles. The van der Waals surface area contributed by atoms with Gasteiger partial charge in [0, 0.05) is 18.3 Å². The summed E-state index contributed by atoms with van der Waals surface area (Å²) in [4.78, 5) is 3.29. The van der Waals surface area contributed by atoms with Crippen LogP contribution >= 0.6 is 0 Å². The van der Waals surface area contributed by atoms with Crippen LogP contribution in [0.3, 0.4) is 0 Å². The number of aromatic amines is 1. The van der Waals surface area contributed by atoms with Gasteiger partial charge < -0.3 is 23.9 Å². The van der Waals surface area contributed by atoms with E-state index in [9.17, 15) is 0 Å². The molecule has 4 aromatic rings. The quantitative estimate of drug-likeness (QED) is 0.483. The van der Waals surface area contributed by atoms with Gasteiger partial charge in [-0.05, 0) is 69.6 Å². The van der Waals surface area contributed by atoms with Crippen molar-refractivity contribution in [1.82, 2.24) is 4.98 Å². The summed E-state index contributed by atoms with van der Waals surface area (Å²) in [5.74, 6) is 2.81. The minimum atomic E-state index is 0.697. The summed E-state index contributed by atoms with van der Waals surface area (Å²) < 4.78 is 22.1. The Morgan fingerprint density at radius 3 is 1.82 bits per heavy atom. The summed E-state index contributed by atoms with van der Waals surface area (Å²) in [6.45, 7) is 0. The van der Waals surface area contributed by atoms with Gasteiger partial charge in [0.15, 0.2) is 23.0 Å². The third-order valence-corrected chi connectivity index (χ3v) is 5.09. The second kappa shape index (κ2) is 7.35. The zero-order chi connectivity index (χ0) is 19.7. The molecule has 0 spiro atoms. The first-order valence-corrected chi connectivity index (χ1v) is 9.04. The maximum Gasteiger partial charge on any atom is 0.161 e. The molecule has 4 rings (SSSR count). The average molecular weight is 377 g/mol. The van der Waals surface area contributed by atoms with Gasteiger partial charge in [0.1, 0.15) is 0 Å². The van der Waals surface area contributed by atoms with Crippen LogP contribution in [0.25, 0.3) is 21.5 Å². The van der Waals surface area contributed by atoms with Crippen molar-refractivity contribution in [1.29, 1.82) is 0 Å². The molecular weight excluding hydrogens is 354 g/mol. The maximum absolute atomic E-state index is 5.55. The summed E-state index contributed by atoms with van der Waals surface area (Å²) in [6, 6.07) is 14.4. The summed E-state index contributed by atoms with van der Waals surface area (Å²) in [5, 5.41) is 4.35. The Kier molecular flexibility index (Phi) is 4.74. The van der Waals surface area contributed by atoms with Crippen LogP contribution in [-0.4, -0.2) is 33.4 Å². The van der Waals surface area contributed by atoms with Crippen LogP contribution in [-0.2, 0) is 6.42 Å². The number of ether oxygens (including phenoxy) is 4. The van der Waals surface area contributed by atoms with Gasteiger partial charge in [0.25, 0.3) is 0 Å². The molecule has 1 heterocycles. The SMILES string of the molecule is COc1cc2cc(Cc3ccc[nH]3)c3cc(OC)c(OC)cc3c2cc1OC. The lowest BCUT2D eigenvalue weighted by Crippen LogP contribution is -1.96. The van der Waals surface area contributed by atoms with Crippen molar-refractivity contribution in [3.05, 3.63) is 59.9 Å². The van der Waals surface area contributed by atoms with Gasteiger partial charge in [-0.1, -0.05) is 0 Å². The molecule has 5 heteroatoms. The minimum absolute atomic E-state index is 0.697. The number of hydrogen-bond donors (Lipinski definition) is 1. The fourth-order valence-electron chi connectivity index (χ4n) is 3.71. The fourth-order valence-corrected chi connectivity index (χ4v) is 3.71. The molecule has 0 bridgehead atoms. The van der Waals surface area contributed by atoms with Gasteiger partial charge in [-0.2, -0.15) is 0 Å². The van der Waals surface area contributed by atoms with Gasteiger partial charge in [0.05, 0.1) is 28.4 Å². The number of methoxy groups -OCH3 is 4. The molecule has 0 radical (unpaired) electrons. The lowest BCUT2D eigenvalue weighted by atomic mass is 9.94. The number of nitrogens with one attached hydrogen (secondary N) is 1. The Hall–Kier alpha value is -3.34. The topological polar surface area (TPSA) is 52.7 Å². The van der Waals surface area contributed by atoms with E-state index in [-0.39, 0.29) is 0 Å². The number of hydrogen-bond acceptors (Lipinski definition) is 4. The largest absolute Gasteiger partial charge is 0.493 e. The van der Waals surface area contributed by atoms with Crippen molar-refractivity contribution in [2.75, 3.05) is 28.4 Å². The Morgan fingerprint density at radius 1 is 0.679 bits per heavy atom. The van der Waals surface area contributed by atoms with Crippen LogP contribution in [0.4, 0.5) is 0 Å². The van der Waals surface area contributed by atoms with Crippen LogP contribution in [0.5, 0.6) is 23.0 Å². The lowest BCUT2D eigenvalue weighted by Gasteiger charge is -2.16. The zero-order valence-corrected chi connectivity index (χ0v) is 16.5. The fraction of sp³-hybridized carbons (Fsp3) is 0.217. The van der Waals surface area contributed by atoms with Crippen molar-refractivity contribution in [2.45, 2.75) is 6.42 Å². The van der Waals surface area contributed by atoms with Crippen LogP contribution in [0, 0.1) is 0 Å². The molecule has 0 atom stereocenters. The van der Waals surface area contributed by atoms with Gasteiger partial charge in [0.2, 0.25) is 0 Å². The molecule has 0 aliphatic heterocycles. The summed E-state index contributed by atoms with van der Waals surface area (Å²) in [7, 11) is 6.61. The van der Waals surface area contributed by atoms with Crippen molar-refractivity contribution < 1.29 is 18.9 Å². The van der Waals surface area contributed by atoms with Crippen LogP contribution in [0.1, 0.15) is 11.3 Å². The second-order valence-electron chi connectivity index (χ2n) is 6.59. The third kappa shape index (κ3) is 2.99. The van der Waals surface area contributed by atoms with Gasteiger partial charge in [-0.25, -0.2) is 0 Å². The lowest BCUT2D eigenvalue weighted by molar-refractivity contribution is 0.355. The summed E-state index contributed by atoms with van der Waals surface area (Å²) in [5.41, 5.74) is 2.34. The second-order valence-corrected chi connectivity index (χ2v) is 6.59. The van der Waals surface area contributed by atoms with Crippen molar-refractivity contribution in [3.8, 4) is 23.0 Å². The van der Waals surface area contributed by atoms with Crippen molar-refractivity contribution in [3.63, 3.8) is 0 Å². The Bertz CT molecular complexity index is 1130. The predicted molar refractivity (Wildman–Crippen MR) is 111 cm³/mol. The number of rotatable bonds is 6. The zero-order valence-electron chi connectivity index (χ0n) is 16.5. The van der Waals surface area contributed by atoms with Gasteiger partial charge in [-0.3, -0.25) is 0 Å². The normalized spacial score (nSPS) is 11.0. The summed E-state index contributed by atoms with van der Waals surface area (Å²) >= 11 is 0. The molecule has 0 unspecified atom stereocenters. The molecule has 144 valence electrons. The molecule has 0 fully saturated rings. The number of H-pyrrole nitrogens is 1. The van der Waals surface area contributed by atoms with Gasteiger partial charge >= 0.3 is 0 Å². The third-order valence-electron chi connectivity index (χ3n) is 5.09. The first-order valence-electron chi connectivity index (χ1n) is 9.04. The highest BCUT2D eigenvalue weighted by atomic mass is 16.5. The summed E-state index contributed by atoms with van der Waals surface area (Å²) in [6.07, 6.45) is 2.72. The smallest absolute Gasteiger partial charge is 0.161 e. The van der Waals surface area contributed by atoms with E-state index in [2.05, 4.69) is 17.1 Å². The first kappa shape index (κ1) is 18.0. The minimum Gasteiger partial charge on any atom is -0.493 e. The van der Waals surface area contributed by atoms with E-state index < -0.39 is 0 Å². The first-order chi connectivity index (χ1) is 13.7. The molecule has 0 amide bonds. The van der Waals surface area contributed by atoms with Crippen LogP contribution in [0.2, 0.25) is 0 Å². The van der Waals surface area contributed by atoms with Gasteiger partial charge in [-0.15, -0.1) is 0 Å². The number of benzene rings is 3. The van der Waals surface area contributed by atoms with E-state index in [1.807, 2.05) is 36.5 Å². The Balaban J connectivity index is 2.07. The van der Waals surface area contributed by atoms with E-state index >= 15 is 0 Å². The van der Waals surface area contributed by atoms with Crippen molar-refractivity contribution >= 4 is 21.5 Å². The molecule has 28 heavy (non-hydrogen) atoms. The monoisotopic (exact) mass is 377 g/mol. The predicted octanol–water partition coefficient (Wildman–Crippen LogP) is 4.95. The maximum atomic E-state index is 5.55. The highest BCUT2D eigenvalue weighted by molar-refractivity contribution is 6.11. The molecule has 0 aliphatic carbocycles. The highest BCUT2D eigenvalue weighted by Crippen LogP contribution is 2.41. The number of fused-ring (bicyclic) bond motifs is 3. The molecule has 3 aromatic carbocycles. The van der Waals surface area contributed by atoms with Crippen LogP contribution in [0.15, 0.2) is 48.7 Å². The highest BCUT2D eigenvalue weighted by Gasteiger charge is 2.15.